The highest BCUT2D eigenvalue weighted by molar-refractivity contribution is 6.05. The Labute approximate surface area is 119 Å². The average molecular weight is 272 g/mol. The Bertz CT molecular complexity index is 615. The van der Waals surface area contributed by atoms with Crippen molar-refractivity contribution >= 4 is 11.6 Å². The number of rotatable bonds is 4. The molecule has 0 aliphatic carbocycles. The maximum atomic E-state index is 12.3. The number of aryl methyl sites for hydroxylation is 1. The molecule has 106 valence electrons. The molecule has 0 aliphatic rings. The molecule has 1 heterocycles. The van der Waals surface area contributed by atoms with Crippen LogP contribution >= 0.6 is 0 Å². The number of carbonyl (C=O) groups excluding carboxylic acids is 1. The summed E-state index contributed by atoms with van der Waals surface area (Å²) in [5.41, 5.74) is 9.02. The van der Waals surface area contributed by atoms with Crippen LogP contribution in [0.25, 0.3) is 0 Å². The van der Waals surface area contributed by atoms with E-state index in [4.69, 9.17) is 10.2 Å². The molecule has 4 nitrogen and oxygen atoms in total. The number of benzene rings is 1. The number of para-hydroxylation sites is 1. The highest BCUT2D eigenvalue weighted by atomic mass is 16.3. The van der Waals surface area contributed by atoms with Crippen LogP contribution in [0.15, 0.2) is 34.9 Å². The second-order valence-electron chi connectivity index (χ2n) is 5.15. The molecule has 0 unspecified atom stereocenters. The van der Waals surface area contributed by atoms with Crippen LogP contribution in [0.3, 0.4) is 0 Å². The minimum atomic E-state index is -0.176. The predicted molar refractivity (Wildman–Crippen MR) is 79.8 cm³/mol. The Hall–Kier alpha value is -2.07. The SMILES string of the molecule is Cc1cccc(C(C)C)c1NC(=O)c1coc(CN)c1. The molecule has 0 spiro atoms. The molecular formula is C16H20N2O2. The van der Waals surface area contributed by atoms with Crippen molar-refractivity contribution in [2.24, 2.45) is 5.73 Å². The normalized spacial score (nSPS) is 10.8. The topological polar surface area (TPSA) is 68.3 Å². The first-order chi connectivity index (χ1) is 9.52. The standard InChI is InChI=1S/C16H20N2O2/c1-10(2)14-6-4-5-11(3)15(14)18-16(19)12-7-13(8-17)20-9-12/h4-7,9-10H,8,17H2,1-3H3,(H,18,19). The first-order valence-electron chi connectivity index (χ1n) is 6.71. The third kappa shape index (κ3) is 2.91. The molecule has 1 amide bonds. The number of hydrogen-bond donors (Lipinski definition) is 2. The summed E-state index contributed by atoms with van der Waals surface area (Å²) in [5, 5.41) is 2.97. The summed E-state index contributed by atoms with van der Waals surface area (Å²) in [7, 11) is 0. The summed E-state index contributed by atoms with van der Waals surface area (Å²) in [5.74, 6) is 0.766. The highest BCUT2D eigenvalue weighted by Gasteiger charge is 2.14. The second-order valence-corrected chi connectivity index (χ2v) is 5.15. The number of nitrogens with one attached hydrogen (secondary N) is 1. The summed E-state index contributed by atoms with van der Waals surface area (Å²) < 4.78 is 5.19. The lowest BCUT2D eigenvalue weighted by molar-refractivity contribution is 0.102. The zero-order valence-corrected chi connectivity index (χ0v) is 12.1. The van der Waals surface area contributed by atoms with E-state index in [9.17, 15) is 4.79 Å². The Balaban J connectivity index is 2.27. The molecule has 1 aromatic carbocycles. The van der Waals surface area contributed by atoms with Crippen LogP contribution in [-0.4, -0.2) is 5.91 Å². The van der Waals surface area contributed by atoms with Crippen LogP contribution in [0.5, 0.6) is 0 Å². The summed E-state index contributed by atoms with van der Waals surface area (Å²) in [6.07, 6.45) is 1.44. The minimum absolute atomic E-state index is 0.176. The maximum absolute atomic E-state index is 12.3. The predicted octanol–water partition coefficient (Wildman–Crippen LogP) is 3.42. The van der Waals surface area contributed by atoms with Gasteiger partial charge in [-0.1, -0.05) is 32.0 Å². The van der Waals surface area contributed by atoms with E-state index >= 15 is 0 Å². The molecule has 0 atom stereocenters. The first-order valence-corrected chi connectivity index (χ1v) is 6.71. The summed E-state index contributed by atoms with van der Waals surface area (Å²) in [4.78, 5) is 12.3. The van der Waals surface area contributed by atoms with E-state index in [1.807, 2.05) is 25.1 Å². The van der Waals surface area contributed by atoms with Crippen molar-refractivity contribution in [1.29, 1.82) is 0 Å². The number of hydrogen-bond acceptors (Lipinski definition) is 3. The van der Waals surface area contributed by atoms with Crippen molar-refractivity contribution in [2.75, 3.05) is 5.32 Å². The van der Waals surface area contributed by atoms with Gasteiger partial charge in [-0.3, -0.25) is 4.79 Å². The molecule has 2 rings (SSSR count). The average Bonchev–Trinajstić information content (AvgIpc) is 2.89. The minimum Gasteiger partial charge on any atom is -0.467 e. The van der Waals surface area contributed by atoms with E-state index in [1.165, 1.54) is 6.26 Å². The second kappa shape index (κ2) is 5.92. The van der Waals surface area contributed by atoms with Crippen molar-refractivity contribution in [3.05, 3.63) is 53.0 Å². The van der Waals surface area contributed by atoms with Crippen LogP contribution in [0.2, 0.25) is 0 Å². The van der Waals surface area contributed by atoms with Crippen molar-refractivity contribution in [3.8, 4) is 0 Å². The first kappa shape index (κ1) is 14.3. The largest absolute Gasteiger partial charge is 0.467 e. The van der Waals surface area contributed by atoms with Gasteiger partial charge in [-0.05, 0) is 30.0 Å². The molecule has 4 heteroatoms. The highest BCUT2D eigenvalue weighted by Crippen LogP contribution is 2.28. The number of amides is 1. The van der Waals surface area contributed by atoms with Gasteiger partial charge in [-0.2, -0.15) is 0 Å². The Morgan fingerprint density at radius 1 is 1.40 bits per heavy atom. The fourth-order valence-electron chi connectivity index (χ4n) is 2.13. The van der Waals surface area contributed by atoms with Crippen LogP contribution in [0.4, 0.5) is 5.69 Å². The van der Waals surface area contributed by atoms with Crippen molar-refractivity contribution in [1.82, 2.24) is 0 Å². The number of anilines is 1. The molecule has 0 saturated heterocycles. The molecule has 0 bridgehead atoms. The summed E-state index contributed by atoms with van der Waals surface area (Å²) in [6, 6.07) is 7.70. The lowest BCUT2D eigenvalue weighted by atomic mass is 9.98. The van der Waals surface area contributed by atoms with Gasteiger partial charge in [-0.25, -0.2) is 0 Å². The molecule has 0 aliphatic heterocycles. The molecule has 3 N–H and O–H groups in total. The van der Waals surface area contributed by atoms with Crippen LogP contribution in [-0.2, 0) is 6.54 Å². The molecule has 0 saturated carbocycles. The van der Waals surface area contributed by atoms with Crippen molar-refractivity contribution < 1.29 is 9.21 Å². The summed E-state index contributed by atoms with van der Waals surface area (Å²) >= 11 is 0. The lowest BCUT2D eigenvalue weighted by Crippen LogP contribution is -2.14. The zero-order chi connectivity index (χ0) is 14.7. The Kier molecular flexibility index (Phi) is 4.25. The van der Waals surface area contributed by atoms with E-state index in [-0.39, 0.29) is 12.5 Å². The summed E-state index contributed by atoms with van der Waals surface area (Å²) in [6.45, 7) is 6.49. The molecular weight excluding hydrogens is 252 g/mol. The van der Waals surface area contributed by atoms with Gasteiger partial charge in [0.15, 0.2) is 0 Å². The number of carbonyl (C=O) groups is 1. The lowest BCUT2D eigenvalue weighted by Gasteiger charge is -2.16. The fraction of sp³-hybridized carbons (Fsp3) is 0.312. The van der Waals surface area contributed by atoms with Gasteiger partial charge in [0.1, 0.15) is 12.0 Å². The van der Waals surface area contributed by atoms with Gasteiger partial charge in [-0.15, -0.1) is 0 Å². The third-order valence-electron chi connectivity index (χ3n) is 3.28. The molecule has 0 fully saturated rings. The van der Waals surface area contributed by atoms with Crippen LogP contribution in [0, 0.1) is 6.92 Å². The molecule has 1 aromatic heterocycles. The Morgan fingerprint density at radius 2 is 2.15 bits per heavy atom. The van der Waals surface area contributed by atoms with Gasteiger partial charge in [0.2, 0.25) is 0 Å². The van der Waals surface area contributed by atoms with Gasteiger partial charge in [0, 0.05) is 5.69 Å². The van der Waals surface area contributed by atoms with Crippen molar-refractivity contribution in [2.45, 2.75) is 33.2 Å². The third-order valence-corrected chi connectivity index (χ3v) is 3.28. The van der Waals surface area contributed by atoms with E-state index < -0.39 is 0 Å². The number of nitrogens with two attached hydrogens (primary N) is 1. The number of furan rings is 1. The van der Waals surface area contributed by atoms with Gasteiger partial charge in [0.05, 0.1) is 12.1 Å². The van der Waals surface area contributed by atoms with E-state index in [2.05, 4.69) is 19.2 Å². The van der Waals surface area contributed by atoms with E-state index in [1.54, 1.807) is 6.07 Å². The van der Waals surface area contributed by atoms with Gasteiger partial charge >= 0.3 is 0 Å². The smallest absolute Gasteiger partial charge is 0.258 e. The molecule has 20 heavy (non-hydrogen) atoms. The molecule has 2 aromatic rings. The van der Waals surface area contributed by atoms with Gasteiger partial charge in [0.25, 0.3) is 5.91 Å². The fourth-order valence-corrected chi connectivity index (χ4v) is 2.13. The van der Waals surface area contributed by atoms with E-state index in [0.717, 1.165) is 16.8 Å². The van der Waals surface area contributed by atoms with Crippen LogP contribution < -0.4 is 11.1 Å². The quantitative estimate of drug-likeness (QED) is 0.896. The van der Waals surface area contributed by atoms with E-state index in [0.29, 0.717) is 17.2 Å². The van der Waals surface area contributed by atoms with Crippen LogP contribution in [0.1, 0.15) is 47.0 Å². The Morgan fingerprint density at radius 3 is 2.75 bits per heavy atom. The molecule has 0 radical (unpaired) electrons. The zero-order valence-electron chi connectivity index (χ0n) is 12.1. The van der Waals surface area contributed by atoms with Gasteiger partial charge < -0.3 is 15.5 Å². The monoisotopic (exact) mass is 272 g/mol. The maximum Gasteiger partial charge on any atom is 0.258 e. The van der Waals surface area contributed by atoms with Crippen molar-refractivity contribution in [3.63, 3.8) is 0 Å².